The summed E-state index contributed by atoms with van der Waals surface area (Å²) in [5.41, 5.74) is 3.21. The van der Waals surface area contributed by atoms with Crippen molar-refractivity contribution in [3.8, 4) is 11.4 Å². The molecular weight excluding hydrogens is 376 g/mol. The van der Waals surface area contributed by atoms with Gasteiger partial charge >= 0.3 is 0 Å². The molecule has 0 bridgehead atoms. The number of nitrogens with zero attached hydrogens (tertiary/aromatic N) is 4. The highest BCUT2D eigenvalue weighted by Gasteiger charge is 2.25. The SMILES string of the molecule is Cc1nc(-c2ccccc2)nc(N2CCCN(C(=O)c3ccco3)CC2)c1C(C)C. The Balaban J connectivity index is 1.64. The highest BCUT2D eigenvalue weighted by molar-refractivity contribution is 5.91. The van der Waals surface area contributed by atoms with Gasteiger partial charge in [-0.3, -0.25) is 4.79 Å². The summed E-state index contributed by atoms with van der Waals surface area (Å²) in [5, 5.41) is 0. The Kier molecular flexibility index (Phi) is 5.84. The predicted molar refractivity (Wildman–Crippen MR) is 118 cm³/mol. The third kappa shape index (κ3) is 4.08. The second-order valence-electron chi connectivity index (χ2n) is 8.00. The minimum atomic E-state index is -0.0465. The van der Waals surface area contributed by atoms with E-state index in [2.05, 4.69) is 25.7 Å². The van der Waals surface area contributed by atoms with Crippen LogP contribution in [0.1, 0.15) is 48.0 Å². The number of carbonyl (C=O) groups is 1. The van der Waals surface area contributed by atoms with Crippen molar-refractivity contribution in [1.29, 1.82) is 0 Å². The second-order valence-corrected chi connectivity index (χ2v) is 8.00. The van der Waals surface area contributed by atoms with Crippen molar-refractivity contribution < 1.29 is 9.21 Å². The number of benzene rings is 1. The van der Waals surface area contributed by atoms with E-state index in [1.165, 1.54) is 5.56 Å². The molecule has 1 fully saturated rings. The van der Waals surface area contributed by atoms with Crippen LogP contribution in [0, 0.1) is 6.92 Å². The molecule has 2 aromatic heterocycles. The fourth-order valence-electron chi connectivity index (χ4n) is 4.09. The van der Waals surface area contributed by atoms with Crippen LogP contribution in [0.2, 0.25) is 0 Å². The third-order valence-electron chi connectivity index (χ3n) is 5.54. The highest BCUT2D eigenvalue weighted by Crippen LogP contribution is 2.31. The van der Waals surface area contributed by atoms with Gasteiger partial charge in [0.05, 0.1) is 6.26 Å². The van der Waals surface area contributed by atoms with Crippen molar-refractivity contribution >= 4 is 11.7 Å². The van der Waals surface area contributed by atoms with E-state index in [1.807, 2.05) is 35.2 Å². The topological polar surface area (TPSA) is 62.5 Å². The zero-order valence-electron chi connectivity index (χ0n) is 17.8. The van der Waals surface area contributed by atoms with Crippen LogP contribution in [-0.2, 0) is 0 Å². The Hall–Kier alpha value is -3.15. The van der Waals surface area contributed by atoms with Gasteiger partial charge < -0.3 is 14.2 Å². The van der Waals surface area contributed by atoms with Gasteiger partial charge in [0.15, 0.2) is 11.6 Å². The van der Waals surface area contributed by atoms with E-state index in [9.17, 15) is 4.79 Å². The quantitative estimate of drug-likeness (QED) is 0.640. The number of aromatic nitrogens is 2. The van der Waals surface area contributed by atoms with Crippen LogP contribution in [0.4, 0.5) is 5.82 Å². The fraction of sp³-hybridized carbons (Fsp3) is 0.375. The molecule has 1 amide bonds. The molecule has 1 aromatic carbocycles. The van der Waals surface area contributed by atoms with E-state index in [-0.39, 0.29) is 5.91 Å². The maximum atomic E-state index is 12.7. The predicted octanol–water partition coefficient (Wildman–Crippen LogP) is 4.52. The molecule has 3 heterocycles. The molecule has 0 saturated carbocycles. The summed E-state index contributed by atoms with van der Waals surface area (Å²) in [6.45, 7) is 9.37. The van der Waals surface area contributed by atoms with Crippen LogP contribution in [-0.4, -0.2) is 47.0 Å². The zero-order chi connectivity index (χ0) is 21.1. The minimum Gasteiger partial charge on any atom is -0.459 e. The number of carbonyl (C=O) groups excluding carboxylic acids is 1. The van der Waals surface area contributed by atoms with Crippen molar-refractivity contribution in [2.45, 2.75) is 33.1 Å². The number of hydrogen-bond acceptors (Lipinski definition) is 5. The van der Waals surface area contributed by atoms with E-state index in [0.717, 1.165) is 42.4 Å². The molecule has 30 heavy (non-hydrogen) atoms. The molecule has 0 aliphatic carbocycles. The van der Waals surface area contributed by atoms with E-state index in [0.29, 0.717) is 24.8 Å². The van der Waals surface area contributed by atoms with Gasteiger partial charge in [-0.05, 0) is 31.4 Å². The molecule has 4 rings (SSSR count). The molecule has 0 N–H and O–H groups in total. The Morgan fingerprint density at radius 2 is 1.80 bits per heavy atom. The molecule has 1 aliphatic rings. The summed E-state index contributed by atoms with van der Waals surface area (Å²) < 4.78 is 5.31. The van der Waals surface area contributed by atoms with Gasteiger partial charge in [-0.25, -0.2) is 9.97 Å². The molecular formula is C24H28N4O2. The molecule has 0 atom stereocenters. The monoisotopic (exact) mass is 404 g/mol. The van der Waals surface area contributed by atoms with Crippen LogP contribution >= 0.6 is 0 Å². The van der Waals surface area contributed by atoms with Crippen molar-refractivity contribution in [2.24, 2.45) is 0 Å². The lowest BCUT2D eigenvalue weighted by atomic mass is 10.0. The summed E-state index contributed by atoms with van der Waals surface area (Å²) in [6, 6.07) is 13.6. The first kappa shape index (κ1) is 20.1. The molecule has 1 saturated heterocycles. The van der Waals surface area contributed by atoms with Gasteiger partial charge in [-0.2, -0.15) is 0 Å². The first-order valence-corrected chi connectivity index (χ1v) is 10.6. The Morgan fingerprint density at radius 3 is 2.50 bits per heavy atom. The lowest BCUT2D eigenvalue weighted by Gasteiger charge is -2.27. The highest BCUT2D eigenvalue weighted by atomic mass is 16.3. The Labute approximate surface area is 177 Å². The minimum absolute atomic E-state index is 0.0465. The molecule has 1 aliphatic heterocycles. The largest absolute Gasteiger partial charge is 0.459 e. The van der Waals surface area contributed by atoms with Crippen LogP contribution < -0.4 is 4.90 Å². The normalized spacial score (nSPS) is 14.8. The first-order valence-electron chi connectivity index (χ1n) is 10.6. The molecule has 0 spiro atoms. The summed E-state index contributed by atoms with van der Waals surface area (Å²) in [6.07, 6.45) is 2.43. The number of amides is 1. The maximum Gasteiger partial charge on any atom is 0.289 e. The molecule has 0 radical (unpaired) electrons. The van der Waals surface area contributed by atoms with Crippen molar-refractivity contribution in [1.82, 2.24) is 14.9 Å². The number of furan rings is 1. The molecule has 156 valence electrons. The van der Waals surface area contributed by atoms with E-state index < -0.39 is 0 Å². The smallest absolute Gasteiger partial charge is 0.289 e. The summed E-state index contributed by atoms with van der Waals surface area (Å²) >= 11 is 0. The lowest BCUT2D eigenvalue weighted by Crippen LogP contribution is -2.35. The average molecular weight is 405 g/mol. The first-order chi connectivity index (χ1) is 14.5. The number of rotatable bonds is 4. The molecule has 3 aromatic rings. The Morgan fingerprint density at radius 1 is 1.00 bits per heavy atom. The molecule has 0 unspecified atom stereocenters. The molecule has 6 nitrogen and oxygen atoms in total. The van der Waals surface area contributed by atoms with Crippen LogP contribution in [0.15, 0.2) is 53.1 Å². The number of hydrogen-bond donors (Lipinski definition) is 0. The third-order valence-corrected chi connectivity index (χ3v) is 5.54. The Bertz CT molecular complexity index is 1000. The fourth-order valence-corrected chi connectivity index (χ4v) is 4.09. The number of aryl methyl sites for hydroxylation is 1. The number of anilines is 1. The van der Waals surface area contributed by atoms with Gasteiger partial charge in [0.2, 0.25) is 0 Å². The van der Waals surface area contributed by atoms with Crippen molar-refractivity contribution in [3.05, 3.63) is 65.7 Å². The van der Waals surface area contributed by atoms with Gasteiger partial charge in [0, 0.05) is 43.0 Å². The molecule has 6 heteroatoms. The van der Waals surface area contributed by atoms with Gasteiger partial charge in [-0.1, -0.05) is 44.2 Å². The second kappa shape index (κ2) is 8.69. The maximum absolute atomic E-state index is 12.7. The van der Waals surface area contributed by atoms with E-state index >= 15 is 0 Å². The van der Waals surface area contributed by atoms with E-state index in [1.54, 1.807) is 18.4 Å². The zero-order valence-corrected chi connectivity index (χ0v) is 17.8. The standard InChI is InChI=1S/C24H28N4O2/c1-17(2)21-18(3)25-22(19-9-5-4-6-10-19)26-23(21)27-12-8-13-28(15-14-27)24(29)20-11-7-16-30-20/h4-7,9-11,16-17H,8,12-15H2,1-3H3. The lowest BCUT2D eigenvalue weighted by molar-refractivity contribution is 0.0735. The van der Waals surface area contributed by atoms with Crippen LogP contribution in [0.25, 0.3) is 11.4 Å². The van der Waals surface area contributed by atoms with Crippen LogP contribution in [0.3, 0.4) is 0 Å². The summed E-state index contributed by atoms with van der Waals surface area (Å²) in [5.74, 6) is 2.41. The van der Waals surface area contributed by atoms with Gasteiger partial charge in [-0.15, -0.1) is 0 Å². The van der Waals surface area contributed by atoms with Gasteiger partial charge in [0.25, 0.3) is 5.91 Å². The summed E-state index contributed by atoms with van der Waals surface area (Å²) in [4.78, 5) is 26.7. The van der Waals surface area contributed by atoms with Gasteiger partial charge in [0.1, 0.15) is 5.82 Å². The average Bonchev–Trinajstić information content (AvgIpc) is 3.17. The van der Waals surface area contributed by atoms with Crippen molar-refractivity contribution in [2.75, 3.05) is 31.1 Å². The van der Waals surface area contributed by atoms with Crippen LogP contribution in [0.5, 0.6) is 0 Å². The van der Waals surface area contributed by atoms with Crippen molar-refractivity contribution in [3.63, 3.8) is 0 Å². The summed E-state index contributed by atoms with van der Waals surface area (Å²) in [7, 11) is 0. The van der Waals surface area contributed by atoms with E-state index in [4.69, 9.17) is 14.4 Å².